The van der Waals surface area contributed by atoms with Crippen molar-refractivity contribution in [1.29, 1.82) is 0 Å². The first kappa shape index (κ1) is 18.7. The smallest absolute Gasteiger partial charge is 0.338 e. The standard InChI is InChI=1S/C19H16BrN3O4/c1-2-26-19(25)12-3-7-14(8-4-12)23-18(24)17(16(21)11-22-23)27-15-9-5-13(20)6-10-15/h3-11H,2,21H2,1H3. The van der Waals surface area contributed by atoms with Crippen LogP contribution in [0.1, 0.15) is 17.3 Å². The Hall–Kier alpha value is -3.13. The summed E-state index contributed by atoms with van der Waals surface area (Å²) in [6.07, 6.45) is 1.34. The lowest BCUT2D eigenvalue weighted by molar-refractivity contribution is 0.0526. The highest BCUT2D eigenvalue weighted by Crippen LogP contribution is 2.25. The maximum absolute atomic E-state index is 12.8. The van der Waals surface area contributed by atoms with Gasteiger partial charge in [-0.3, -0.25) is 4.79 Å². The fourth-order valence-electron chi connectivity index (χ4n) is 2.31. The molecule has 0 aliphatic heterocycles. The van der Waals surface area contributed by atoms with Crippen LogP contribution < -0.4 is 16.0 Å². The minimum atomic E-state index is -0.512. The largest absolute Gasteiger partial charge is 0.462 e. The van der Waals surface area contributed by atoms with Crippen molar-refractivity contribution < 1.29 is 14.3 Å². The zero-order valence-electron chi connectivity index (χ0n) is 14.4. The van der Waals surface area contributed by atoms with Gasteiger partial charge in [0, 0.05) is 4.47 Å². The summed E-state index contributed by atoms with van der Waals surface area (Å²) < 4.78 is 12.6. The molecule has 0 fully saturated rings. The van der Waals surface area contributed by atoms with Gasteiger partial charge < -0.3 is 15.2 Å². The first-order valence-electron chi connectivity index (χ1n) is 8.08. The number of rotatable bonds is 5. The number of carbonyl (C=O) groups is 1. The van der Waals surface area contributed by atoms with Crippen molar-refractivity contribution in [2.24, 2.45) is 0 Å². The molecule has 0 saturated heterocycles. The van der Waals surface area contributed by atoms with E-state index in [0.717, 1.165) is 9.15 Å². The fourth-order valence-corrected chi connectivity index (χ4v) is 2.58. The Bertz CT molecular complexity index is 1010. The van der Waals surface area contributed by atoms with Crippen LogP contribution in [0.25, 0.3) is 5.69 Å². The first-order chi connectivity index (χ1) is 13.0. The average Bonchev–Trinajstić information content (AvgIpc) is 2.67. The van der Waals surface area contributed by atoms with Crippen LogP contribution >= 0.6 is 15.9 Å². The minimum Gasteiger partial charge on any atom is -0.462 e. The molecule has 0 bridgehead atoms. The SMILES string of the molecule is CCOC(=O)c1ccc(-n2ncc(N)c(Oc3ccc(Br)cc3)c2=O)cc1. The molecule has 1 aromatic heterocycles. The van der Waals surface area contributed by atoms with E-state index >= 15 is 0 Å². The number of nitrogens with zero attached hydrogens (tertiary/aromatic N) is 2. The number of carbonyl (C=O) groups excluding carboxylic acids is 1. The van der Waals surface area contributed by atoms with Crippen molar-refractivity contribution >= 4 is 27.6 Å². The Morgan fingerprint density at radius 1 is 1.15 bits per heavy atom. The normalized spacial score (nSPS) is 10.4. The van der Waals surface area contributed by atoms with E-state index in [1.54, 1.807) is 55.5 Å². The monoisotopic (exact) mass is 429 g/mol. The van der Waals surface area contributed by atoms with Gasteiger partial charge in [-0.15, -0.1) is 0 Å². The van der Waals surface area contributed by atoms with Gasteiger partial charge in [0.05, 0.1) is 24.1 Å². The maximum Gasteiger partial charge on any atom is 0.338 e. The quantitative estimate of drug-likeness (QED) is 0.622. The van der Waals surface area contributed by atoms with Crippen LogP contribution in [0.15, 0.2) is 64.0 Å². The summed E-state index contributed by atoms with van der Waals surface area (Å²) in [5, 5.41) is 4.05. The zero-order valence-corrected chi connectivity index (χ0v) is 16.0. The van der Waals surface area contributed by atoms with Crippen LogP contribution in [0.2, 0.25) is 0 Å². The highest BCUT2D eigenvalue weighted by Gasteiger charge is 2.14. The first-order valence-corrected chi connectivity index (χ1v) is 8.87. The minimum absolute atomic E-state index is 0.0261. The molecule has 0 atom stereocenters. The topological polar surface area (TPSA) is 96.4 Å². The van der Waals surface area contributed by atoms with Crippen molar-refractivity contribution in [3.8, 4) is 17.2 Å². The average molecular weight is 430 g/mol. The number of nitrogen functional groups attached to an aromatic ring is 1. The number of anilines is 1. The summed E-state index contributed by atoms with van der Waals surface area (Å²) in [6, 6.07) is 13.3. The lowest BCUT2D eigenvalue weighted by Gasteiger charge is -2.11. The van der Waals surface area contributed by atoms with Gasteiger partial charge in [-0.25, -0.2) is 4.79 Å². The second kappa shape index (κ2) is 8.05. The van der Waals surface area contributed by atoms with E-state index in [4.69, 9.17) is 15.2 Å². The fraction of sp³-hybridized carbons (Fsp3) is 0.105. The molecule has 0 radical (unpaired) electrons. The molecule has 0 aliphatic rings. The van der Waals surface area contributed by atoms with E-state index in [0.29, 0.717) is 17.0 Å². The lowest BCUT2D eigenvalue weighted by atomic mass is 10.2. The highest BCUT2D eigenvalue weighted by molar-refractivity contribution is 9.10. The van der Waals surface area contributed by atoms with E-state index in [9.17, 15) is 9.59 Å². The maximum atomic E-state index is 12.8. The van der Waals surface area contributed by atoms with Crippen molar-refractivity contribution in [3.63, 3.8) is 0 Å². The molecule has 0 saturated carbocycles. The van der Waals surface area contributed by atoms with Crippen molar-refractivity contribution in [2.45, 2.75) is 6.92 Å². The van der Waals surface area contributed by atoms with Gasteiger partial charge in [0.2, 0.25) is 5.75 Å². The van der Waals surface area contributed by atoms with E-state index in [1.807, 2.05) is 0 Å². The number of aromatic nitrogens is 2. The van der Waals surface area contributed by atoms with Crippen LogP contribution in [0, 0.1) is 0 Å². The Morgan fingerprint density at radius 3 is 2.44 bits per heavy atom. The predicted octanol–water partition coefficient (Wildman–Crippen LogP) is 3.55. The predicted molar refractivity (Wildman–Crippen MR) is 104 cm³/mol. The van der Waals surface area contributed by atoms with Crippen LogP contribution in [-0.2, 0) is 4.74 Å². The third-order valence-electron chi connectivity index (χ3n) is 3.62. The molecule has 2 aromatic carbocycles. The number of benzene rings is 2. The zero-order chi connectivity index (χ0) is 19.4. The molecule has 0 spiro atoms. The molecule has 3 aromatic rings. The Morgan fingerprint density at radius 2 is 1.81 bits per heavy atom. The summed E-state index contributed by atoms with van der Waals surface area (Å²) in [5.74, 6) is 0.0140. The molecule has 0 amide bonds. The lowest BCUT2D eigenvalue weighted by Crippen LogP contribution is -2.23. The number of hydrogen-bond donors (Lipinski definition) is 1. The summed E-state index contributed by atoms with van der Waals surface area (Å²) in [5.41, 5.74) is 6.34. The van der Waals surface area contributed by atoms with Crippen molar-refractivity contribution in [3.05, 3.63) is 75.1 Å². The van der Waals surface area contributed by atoms with Crippen molar-refractivity contribution in [2.75, 3.05) is 12.3 Å². The van der Waals surface area contributed by atoms with E-state index in [-0.39, 0.29) is 18.0 Å². The van der Waals surface area contributed by atoms with Gasteiger partial charge in [-0.1, -0.05) is 15.9 Å². The van der Waals surface area contributed by atoms with E-state index in [1.165, 1.54) is 6.20 Å². The number of ether oxygens (including phenoxy) is 2. The Labute approximate surface area is 163 Å². The van der Waals surface area contributed by atoms with Crippen LogP contribution in [0.4, 0.5) is 5.69 Å². The summed E-state index contributed by atoms with van der Waals surface area (Å²) >= 11 is 3.34. The molecule has 138 valence electrons. The molecule has 3 rings (SSSR count). The van der Waals surface area contributed by atoms with Gasteiger partial charge in [0.25, 0.3) is 0 Å². The van der Waals surface area contributed by atoms with Crippen LogP contribution in [0.3, 0.4) is 0 Å². The molecule has 1 heterocycles. The van der Waals surface area contributed by atoms with Crippen LogP contribution in [0.5, 0.6) is 11.5 Å². The molecular formula is C19H16BrN3O4. The molecule has 0 unspecified atom stereocenters. The summed E-state index contributed by atoms with van der Waals surface area (Å²) in [7, 11) is 0. The third-order valence-corrected chi connectivity index (χ3v) is 4.15. The summed E-state index contributed by atoms with van der Waals surface area (Å²) in [6.45, 7) is 2.02. The molecular weight excluding hydrogens is 414 g/mol. The molecule has 27 heavy (non-hydrogen) atoms. The van der Waals surface area contributed by atoms with Gasteiger partial charge >= 0.3 is 11.5 Å². The summed E-state index contributed by atoms with van der Waals surface area (Å²) in [4.78, 5) is 24.5. The van der Waals surface area contributed by atoms with E-state index < -0.39 is 11.5 Å². The van der Waals surface area contributed by atoms with E-state index in [2.05, 4.69) is 21.0 Å². The number of esters is 1. The van der Waals surface area contributed by atoms with Gasteiger partial charge in [-0.2, -0.15) is 9.78 Å². The third kappa shape index (κ3) is 4.17. The Balaban J connectivity index is 1.94. The molecule has 2 N–H and O–H groups in total. The molecule has 0 aliphatic carbocycles. The van der Waals surface area contributed by atoms with Crippen LogP contribution in [-0.4, -0.2) is 22.4 Å². The molecule has 8 heteroatoms. The number of hydrogen-bond acceptors (Lipinski definition) is 6. The van der Waals surface area contributed by atoms with Gasteiger partial charge in [0.15, 0.2) is 0 Å². The van der Waals surface area contributed by atoms with Crippen molar-refractivity contribution in [1.82, 2.24) is 9.78 Å². The second-order valence-electron chi connectivity index (χ2n) is 5.47. The number of halogens is 1. The molecule has 7 nitrogen and oxygen atoms in total. The number of nitrogens with two attached hydrogens (primary N) is 1. The highest BCUT2D eigenvalue weighted by atomic mass is 79.9. The second-order valence-corrected chi connectivity index (χ2v) is 6.38. The van der Waals surface area contributed by atoms with Gasteiger partial charge in [-0.05, 0) is 55.5 Å². The van der Waals surface area contributed by atoms with Gasteiger partial charge in [0.1, 0.15) is 11.4 Å². The Kier molecular flexibility index (Phi) is 5.56.